The Hall–Kier alpha value is -4.60. The second kappa shape index (κ2) is 9.90. The Bertz CT molecular complexity index is 1310. The van der Waals surface area contributed by atoms with Crippen LogP contribution in [0.25, 0.3) is 22.5 Å². The van der Waals surface area contributed by atoms with Gasteiger partial charge in [0, 0.05) is 24.8 Å². The lowest BCUT2D eigenvalue weighted by molar-refractivity contribution is 0.0651. The molecule has 0 aliphatic rings. The molecule has 4 aromatic rings. The molecule has 0 fully saturated rings. The van der Waals surface area contributed by atoms with Crippen molar-refractivity contribution in [3.63, 3.8) is 0 Å². The van der Waals surface area contributed by atoms with Crippen molar-refractivity contribution >= 4 is 17.8 Å². The second-order valence-electron chi connectivity index (χ2n) is 7.57. The van der Waals surface area contributed by atoms with Crippen molar-refractivity contribution in [2.75, 3.05) is 11.4 Å². The third-order valence-electron chi connectivity index (χ3n) is 5.32. The maximum absolute atomic E-state index is 11.9. The summed E-state index contributed by atoms with van der Waals surface area (Å²) in [7, 11) is 0. The summed E-state index contributed by atoms with van der Waals surface area (Å²) in [4.78, 5) is 29.5. The Morgan fingerprint density at radius 2 is 1.71 bits per heavy atom. The van der Waals surface area contributed by atoms with E-state index >= 15 is 0 Å². The van der Waals surface area contributed by atoms with Crippen LogP contribution in [0.15, 0.2) is 60.8 Å². The molecule has 0 atom stereocenters. The van der Waals surface area contributed by atoms with Crippen molar-refractivity contribution in [3.8, 4) is 22.5 Å². The molecule has 0 radical (unpaired) electrons. The van der Waals surface area contributed by atoms with Crippen LogP contribution >= 0.6 is 0 Å². The monoisotopic (exact) mass is 458 g/mol. The minimum absolute atomic E-state index is 0.140. The van der Waals surface area contributed by atoms with Gasteiger partial charge in [-0.3, -0.25) is 0 Å². The molecule has 10 heteroatoms. The van der Waals surface area contributed by atoms with E-state index in [1.54, 1.807) is 4.90 Å². The molecule has 0 aliphatic carbocycles. The highest BCUT2D eigenvalue weighted by Crippen LogP contribution is 2.30. The molecule has 2 aromatic carbocycles. The highest BCUT2D eigenvalue weighted by molar-refractivity contribution is 6.05. The van der Waals surface area contributed by atoms with Gasteiger partial charge in [-0.15, -0.1) is 10.2 Å². The van der Waals surface area contributed by atoms with Gasteiger partial charge in [-0.2, -0.15) is 5.21 Å². The lowest BCUT2D eigenvalue weighted by atomic mass is 9.98. The molecule has 0 saturated heterocycles. The topological polar surface area (TPSA) is 145 Å². The number of anilines is 1. The van der Waals surface area contributed by atoms with Gasteiger partial charge in [0.05, 0.1) is 5.56 Å². The van der Waals surface area contributed by atoms with Gasteiger partial charge in [-0.25, -0.2) is 14.6 Å². The van der Waals surface area contributed by atoms with E-state index < -0.39 is 11.9 Å². The van der Waals surface area contributed by atoms with Gasteiger partial charge in [-0.05, 0) is 34.4 Å². The molecule has 3 N–H and O–H groups in total. The SMILES string of the molecule is CCCN(Cc1ccc(-c2ccccc2-c2nn[nH]n2)cc1)c1nccc(C(=O)O)c1C(=O)O. The van der Waals surface area contributed by atoms with E-state index in [-0.39, 0.29) is 16.9 Å². The zero-order chi connectivity index (χ0) is 24.1. The number of tetrazole rings is 1. The Morgan fingerprint density at radius 1 is 0.971 bits per heavy atom. The summed E-state index contributed by atoms with van der Waals surface area (Å²) < 4.78 is 0. The molecular weight excluding hydrogens is 436 g/mol. The van der Waals surface area contributed by atoms with Gasteiger partial charge in [0.1, 0.15) is 11.4 Å². The molecule has 0 amide bonds. The van der Waals surface area contributed by atoms with Crippen molar-refractivity contribution in [3.05, 3.63) is 77.5 Å². The molecule has 0 spiro atoms. The van der Waals surface area contributed by atoms with Crippen molar-refractivity contribution in [1.29, 1.82) is 0 Å². The molecule has 0 bridgehead atoms. The quantitative estimate of drug-likeness (QED) is 0.341. The average molecular weight is 458 g/mol. The predicted molar refractivity (Wildman–Crippen MR) is 125 cm³/mol. The number of carboxylic acid groups (broad SMARTS) is 2. The summed E-state index contributed by atoms with van der Waals surface area (Å²) in [6, 6.07) is 16.8. The minimum Gasteiger partial charge on any atom is -0.478 e. The number of aromatic nitrogens is 5. The molecule has 34 heavy (non-hydrogen) atoms. The Morgan fingerprint density at radius 3 is 2.32 bits per heavy atom. The van der Waals surface area contributed by atoms with Crippen LogP contribution in [0, 0.1) is 0 Å². The van der Waals surface area contributed by atoms with Crippen LogP contribution in [-0.4, -0.2) is 54.3 Å². The molecule has 2 heterocycles. The number of H-pyrrole nitrogens is 1. The lowest BCUT2D eigenvalue weighted by Gasteiger charge is -2.25. The summed E-state index contributed by atoms with van der Waals surface area (Å²) in [5.74, 6) is -1.99. The number of carboxylic acids is 2. The van der Waals surface area contributed by atoms with Gasteiger partial charge in [-0.1, -0.05) is 55.5 Å². The van der Waals surface area contributed by atoms with E-state index in [9.17, 15) is 19.8 Å². The number of nitrogens with one attached hydrogen (secondary N) is 1. The third-order valence-corrected chi connectivity index (χ3v) is 5.32. The molecule has 0 saturated carbocycles. The van der Waals surface area contributed by atoms with Crippen molar-refractivity contribution in [2.24, 2.45) is 0 Å². The van der Waals surface area contributed by atoms with Gasteiger partial charge < -0.3 is 15.1 Å². The lowest BCUT2D eigenvalue weighted by Crippen LogP contribution is -2.27. The van der Waals surface area contributed by atoms with Crippen LogP contribution in [-0.2, 0) is 6.54 Å². The van der Waals surface area contributed by atoms with Crippen molar-refractivity contribution in [1.82, 2.24) is 25.6 Å². The number of aromatic carboxylic acids is 2. The standard InChI is InChI=1S/C24H22N6O4/c1-2-13-30(22-20(24(33)34)19(23(31)32)11-12-25-22)14-15-7-9-16(10-8-15)17-5-3-4-6-18(17)21-26-28-29-27-21/h3-12H,2,13-14H2,1H3,(H,31,32)(H,33,34)(H,26,27,28,29). The number of aromatic amines is 1. The van der Waals surface area contributed by atoms with Gasteiger partial charge in [0.15, 0.2) is 0 Å². The van der Waals surface area contributed by atoms with Gasteiger partial charge >= 0.3 is 11.9 Å². The van der Waals surface area contributed by atoms with Crippen LogP contribution in [0.4, 0.5) is 5.82 Å². The first-order valence-electron chi connectivity index (χ1n) is 10.6. The fourth-order valence-corrected chi connectivity index (χ4v) is 3.83. The number of carbonyl (C=O) groups is 2. The number of benzene rings is 2. The second-order valence-corrected chi connectivity index (χ2v) is 7.57. The summed E-state index contributed by atoms with van der Waals surface area (Å²) in [5, 5.41) is 33.4. The van der Waals surface area contributed by atoms with E-state index in [2.05, 4.69) is 25.6 Å². The van der Waals surface area contributed by atoms with E-state index in [1.807, 2.05) is 55.5 Å². The maximum atomic E-state index is 11.9. The molecule has 0 aliphatic heterocycles. The number of hydrogen-bond acceptors (Lipinski definition) is 7. The Balaban J connectivity index is 1.65. The fourth-order valence-electron chi connectivity index (χ4n) is 3.83. The Kier molecular flexibility index (Phi) is 6.58. The summed E-state index contributed by atoms with van der Waals surface area (Å²) >= 11 is 0. The molecule has 10 nitrogen and oxygen atoms in total. The van der Waals surface area contributed by atoms with Crippen LogP contribution < -0.4 is 4.90 Å². The molecule has 172 valence electrons. The minimum atomic E-state index is -1.32. The van der Waals surface area contributed by atoms with Gasteiger partial charge in [0.25, 0.3) is 0 Å². The van der Waals surface area contributed by atoms with Gasteiger partial charge in [0.2, 0.25) is 5.82 Å². The first-order valence-corrected chi connectivity index (χ1v) is 10.6. The summed E-state index contributed by atoms with van der Waals surface area (Å²) in [6.45, 7) is 2.85. The zero-order valence-corrected chi connectivity index (χ0v) is 18.3. The average Bonchev–Trinajstić information content (AvgIpc) is 3.38. The molecule has 0 unspecified atom stereocenters. The maximum Gasteiger partial charge on any atom is 0.340 e. The number of nitrogens with zero attached hydrogens (tertiary/aromatic N) is 5. The molecular formula is C24H22N6O4. The first-order chi connectivity index (χ1) is 16.5. The van der Waals surface area contributed by atoms with E-state index in [4.69, 9.17) is 0 Å². The number of pyridine rings is 1. The molecule has 2 aromatic heterocycles. The largest absolute Gasteiger partial charge is 0.478 e. The normalized spacial score (nSPS) is 10.7. The predicted octanol–water partition coefficient (Wildman–Crippen LogP) is 3.74. The summed E-state index contributed by atoms with van der Waals surface area (Å²) in [6.07, 6.45) is 2.06. The van der Waals surface area contributed by atoms with Crippen LogP contribution in [0.5, 0.6) is 0 Å². The fraction of sp³-hybridized carbons (Fsp3) is 0.167. The highest BCUT2D eigenvalue weighted by Gasteiger charge is 2.24. The Labute approximate surface area is 194 Å². The first kappa shape index (κ1) is 22.6. The zero-order valence-electron chi connectivity index (χ0n) is 18.3. The van der Waals surface area contributed by atoms with E-state index in [1.165, 1.54) is 12.3 Å². The van der Waals surface area contributed by atoms with Crippen LogP contribution in [0.2, 0.25) is 0 Å². The molecule has 4 rings (SSSR count). The van der Waals surface area contributed by atoms with Crippen molar-refractivity contribution in [2.45, 2.75) is 19.9 Å². The van der Waals surface area contributed by atoms with E-state index in [0.29, 0.717) is 18.9 Å². The number of rotatable bonds is 9. The number of hydrogen-bond donors (Lipinski definition) is 3. The smallest absolute Gasteiger partial charge is 0.340 e. The van der Waals surface area contributed by atoms with Crippen LogP contribution in [0.3, 0.4) is 0 Å². The van der Waals surface area contributed by atoms with Crippen LogP contribution in [0.1, 0.15) is 39.6 Å². The third kappa shape index (κ3) is 4.60. The van der Waals surface area contributed by atoms with Crippen molar-refractivity contribution < 1.29 is 19.8 Å². The highest BCUT2D eigenvalue weighted by atomic mass is 16.4. The summed E-state index contributed by atoms with van der Waals surface area (Å²) in [5.41, 5.74) is 3.08. The van der Waals surface area contributed by atoms with E-state index in [0.717, 1.165) is 28.7 Å².